The zero-order valence-corrected chi connectivity index (χ0v) is 11.5. The Hall–Kier alpha value is -2.44. The van der Waals surface area contributed by atoms with Gasteiger partial charge in [-0.1, -0.05) is 0 Å². The first-order chi connectivity index (χ1) is 9.86. The van der Waals surface area contributed by atoms with Crippen molar-refractivity contribution < 1.29 is 17.9 Å². The van der Waals surface area contributed by atoms with Gasteiger partial charge in [0, 0.05) is 12.1 Å². The van der Waals surface area contributed by atoms with Gasteiger partial charge in [0.25, 0.3) is 0 Å². The number of rotatable bonds is 4. The topological polar surface area (TPSA) is 60.2 Å². The average molecular weight is 297 g/mol. The number of benzene rings is 1. The van der Waals surface area contributed by atoms with E-state index in [1.54, 1.807) is 13.8 Å². The van der Waals surface area contributed by atoms with Crippen LogP contribution in [0.25, 0.3) is 0 Å². The molecule has 0 fully saturated rings. The predicted octanol–water partition coefficient (Wildman–Crippen LogP) is 3.61. The van der Waals surface area contributed by atoms with E-state index in [4.69, 9.17) is 10.5 Å². The Bertz CT molecular complexity index is 662. The number of pyridine rings is 1. The van der Waals surface area contributed by atoms with E-state index in [9.17, 15) is 13.2 Å². The van der Waals surface area contributed by atoms with Crippen LogP contribution in [0.4, 0.5) is 30.4 Å². The molecule has 0 spiro atoms. The zero-order chi connectivity index (χ0) is 15.6. The molecule has 0 saturated carbocycles. The van der Waals surface area contributed by atoms with Crippen LogP contribution in [0, 0.1) is 17.5 Å². The minimum absolute atomic E-state index is 0.154. The van der Waals surface area contributed by atoms with Crippen LogP contribution < -0.4 is 15.8 Å². The van der Waals surface area contributed by atoms with E-state index < -0.39 is 17.5 Å². The second-order valence-electron chi connectivity index (χ2n) is 4.63. The molecule has 1 aromatic carbocycles. The quantitative estimate of drug-likeness (QED) is 0.846. The van der Waals surface area contributed by atoms with Crippen molar-refractivity contribution in [2.45, 2.75) is 20.0 Å². The van der Waals surface area contributed by atoms with Gasteiger partial charge in [-0.3, -0.25) is 0 Å². The number of hydrogen-bond acceptors (Lipinski definition) is 4. The third-order valence-corrected chi connectivity index (χ3v) is 2.49. The van der Waals surface area contributed by atoms with Gasteiger partial charge in [-0.15, -0.1) is 0 Å². The molecule has 0 saturated heterocycles. The fourth-order valence-corrected chi connectivity index (χ4v) is 1.62. The lowest BCUT2D eigenvalue weighted by Gasteiger charge is -2.13. The van der Waals surface area contributed by atoms with Gasteiger partial charge in [-0.05, 0) is 26.0 Å². The summed E-state index contributed by atoms with van der Waals surface area (Å²) >= 11 is 0. The van der Waals surface area contributed by atoms with Crippen molar-refractivity contribution in [3.63, 3.8) is 0 Å². The van der Waals surface area contributed by atoms with E-state index in [1.165, 1.54) is 12.1 Å². The van der Waals surface area contributed by atoms with Crippen molar-refractivity contribution in [1.29, 1.82) is 0 Å². The zero-order valence-electron chi connectivity index (χ0n) is 11.5. The molecule has 3 N–H and O–H groups in total. The van der Waals surface area contributed by atoms with Crippen molar-refractivity contribution in [2.24, 2.45) is 0 Å². The van der Waals surface area contributed by atoms with Crippen LogP contribution in [0.3, 0.4) is 0 Å². The fourth-order valence-electron chi connectivity index (χ4n) is 1.62. The molecule has 0 atom stereocenters. The number of halogens is 3. The van der Waals surface area contributed by atoms with Crippen LogP contribution in [-0.4, -0.2) is 11.1 Å². The van der Waals surface area contributed by atoms with Gasteiger partial charge in [0.05, 0.1) is 17.5 Å². The van der Waals surface area contributed by atoms with Crippen molar-refractivity contribution in [1.82, 2.24) is 4.98 Å². The smallest absolute Gasteiger partial charge is 0.239 e. The number of ether oxygens (including phenoxy) is 1. The van der Waals surface area contributed by atoms with Crippen LogP contribution in [0.2, 0.25) is 0 Å². The lowest BCUT2D eigenvalue weighted by molar-refractivity contribution is 0.234. The number of nitrogen functional groups attached to an aromatic ring is 1. The van der Waals surface area contributed by atoms with Gasteiger partial charge in [0.1, 0.15) is 11.6 Å². The molecule has 1 heterocycles. The third kappa shape index (κ3) is 3.56. The third-order valence-electron chi connectivity index (χ3n) is 2.49. The van der Waals surface area contributed by atoms with Gasteiger partial charge in [0.2, 0.25) is 5.88 Å². The summed E-state index contributed by atoms with van der Waals surface area (Å²) in [4.78, 5) is 4.04. The molecule has 0 unspecified atom stereocenters. The normalized spacial score (nSPS) is 10.8. The van der Waals surface area contributed by atoms with Crippen molar-refractivity contribution in [3.8, 4) is 5.88 Å². The number of nitrogens with two attached hydrogens (primary N) is 1. The summed E-state index contributed by atoms with van der Waals surface area (Å²) < 4.78 is 45.2. The van der Waals surface area contributed by atoms with Crippen LogP contribution in [-0.2, 0) is 0 Å². The number of anilines is 3. The van der Waals surface area contributed by atoms with Gasteiger partial charge in [-0.2, -0.15) is 4.98 Å². The number of nitrogens with one attached hydrogen (secondary N) is 1. The minimum atomic E-state index is -1.29. The van der Waals surface area contributed by atoms with E-state index in [0.717, 1.165) is 6.07 Å². The van der Waals surface area contributed by atoms with Crippen molar-refractivity contribution >= 4 is 17.2 Å². The summed E-state index contributed by atoms with van der Waals surface area (Å²) in [6.07, 6.45) is -0.154. The second-order valence-corrected chi connectivity index (χ2v) is 4.63. The number of nitrogens with zero attached hydrogens (tertiary/aromatic N) is 1. The molecule has 2 aromatic rings. The summed E-state index contributed by atoms with van der Waals surface area (Å²) in [6, 6.07) is 4.25. The summed E-state index contributed by atoms with van der Waals surface area (Å²) in [5.74, 6) is -3.06. The summed E-state index contributed by atoms with van der Waals surface area (Å²) in [5.41, 5.74) is 5.64. The monoisotopic (exact) mass is 297 g/mol. The van der Waals surface area contributed by atoms with E-state index in [-0.39, 0.29) is 23.5 Å². The molecule has 7 heteroatoms. The van der Waals surface area contributed by atoms with E-state index >= 15 is 0 Å². The van der Waals surface area contributed by atoms with Crippen molar-refractivity contribution in [2.75, 3.05) is 11.1 Å². The van der Waals surface area contributed by atoms with E-state index in [1.807, 2.05) is 0 Å². The highest BCUT2D eigenvalue weighted by Crippen LogP contribution is 2.26. The number of aromatic nitrogens is 1. The maximum Gasteiger partial charge on any atom is 0.239 e. The Labute approximate surface area is 119 Å². The molecular weight excluding hydrogens is 283 g/mol. The van der Waals surface area contributed by atoms with E-state index in [0.29, 0.717) is 11.8 Å². The maximum atomic E-state index is 13.6. The summed E-state index contributed by atoms with van der Waals surface area (Å²) in [6.45, 7) is 3.59. The minimum Gasteiger partial charge on any atom is -0.473 e. The van der Waals surface area contributed by atoms with Gasteiger partial charge >= 0.3 is 0 Å². The molecule has 112 valence electrons. The first-order valence-electron chi connectivity index (χ1n) is 6.21. The Morgan fingerprint density at radius 2 is 1.90 bits per heavy atom. The van der Waals surface area contributed by atoms with Crippen LogP contribution in [0.5, 0.6) is 5.88 Å². The molecule has 0 aliphatic rings. The van der Waals surface area contributed by atoms with Crippen LogP contribution in [0.1, 0.15) is 13.8 Å². The Morgan fingerprint density at radius 3 is 2.57 bits per heavy atom. The molecule has 2 rings (SSSR count). The van der Waals surface area contributed by atoms with Crippen molar-refractivity contribution in [3.05, 3.63) is 41.7 Å². The number of hydrogen-bond donors (Lipinski definition) is 2. The molecular formula is C14H14F3N3O. The Kier molecular flexibility index (Phi) is 4.21. The van der Waals surface area contributed by atoms with Gasteiger partial charge in [-0.25, -0.2) is 13.2 Å². The summed E-state index contributed by atoms with van der Waals surface area (Å²) in [7, 11) is 0. The largest absolute Gasteiger partial charge is 0.473 e. The lowest BCUT2D eigenvalue weighted by atomic mass is 10.2. The first kappa shape index (κ1) is 15.0. The highest BCUT2D eigenvalue weighted by atomic mass is 19.2. The van der Waals surface area contributed by atoms with E-state index in [2.05, 4.69) is 10.3 Å². The highest BCUT2D eigenvalue weighted by molar-refractivity contribution is 5.61. The molecule has 0 radical (unpaired) electrons. The first-order valence-corrected chi connectivity index (χ1v) is 6.21. The highest BCUT2D eigenvalue weighted by Gasteiger charge is 2.13. The molecule has 21 heavy (non-hydrogen) atoms. The van der Waals surface area contributed by atoms with Crippen LogP contribution >= 0.6 is 0 Å². The molecule has 0 amide bonds. The molecule has 4 nitrogen and oxygen atoms in total. The molecule has 0 bridgehead atoms. The second kappa shape index (κ2) is 5.90. The lowest BCUT2D eigenvalue weighted by Crippen LogP contribution is -2.10. The average Bonchev–Trinajstić information content (AvgIpc) is 2.38. The molecule has 1 aromatic heterocycles. The maximum absolute atomic E-state index is 13.6. The summed E-state index contributed by atoms with van der Waals surface area (Å²) in [5, 5.41) is 2.49. The van der Waals surface area contributed by atoms with Gasteiger partial charge in [0.15, 0.2) is 11.6 Å². The molecule has 0 aliphatic heterocycles. The predicted molar refractivity (Wildman–Crippen MR) is 74.0 cm³/mol. The fraction of sp³-hybridized carbons (Fsp3) is 0.214. The molecule has 0 aliphatic carbocycles. The van der Waals surface area contributed by atoms with Crippen LogP contribution in [0.15, 0.2) is 24.3 Å². The standard InChI is InChI=1S/C14H14F3N3O/c1-7(2)21-14-10(18)3-4-12(20-14)19-11-6-8(15)5-9(16)13(11)17/h3-7H,18H2,1-2H3,(H,19,20). The Morgan fingerprint density at radius 1 is 1.19 bits per heavy atom. The SMILES string of the molecule is CC(C)Oc1nc(Nc2cc(F)cc(F)c2F)ccc1N. The van der Waals surface area contributed by atoms with Gasteiger partial charge < -0.3 is 15.8 Å². The Balaban J connectivity index is 2.32.